The predicted octanol–water partition coefficient (Wildman–Crippen LogP) is 2.05. The molecule has 1 aliphatic heterocycles. The van der Waals surface area contributed by atoms with Crippen molar-refractivity contribution >= 4 is 23.6 Å². The van der Waals surface area contributed by atoms with Crippen LogP contribution >= 0.6 is 11.8 Å². The number of thioether (sulfide) groups is 1. The summed E-state index contributed by atoms with van der Waals surface area (Å²) in [6.45, 7) is 0.270. The van der Waals surface area contributed by atoms with Crippen molar-refractivity contribution < 1.29 is 27.9 Å². The minimum absolute atomic E-state index is 0.0212. The molecule has 5 fully saturated rings. The molecular weight excluding hydrogens is 409 g/mol. The van der Waals surface area contributed by atoms with Crippen molar-refractivity contribution in [1.29, 1.82) is 5.26 Å². The summed E-state index contributed by atoms with van der Waals surface area (Å²) in [7, 11) is 0. The van der Waals surface area contributed by atoms with Crippen molar-refractivity contribution in [2.75, 3.05) is 18.2 Å². The van der Waals surface area contributed by atoms with Crippen LogP contribution in [0.15, 0.2) is 0 Å². The van der Waals surface area contributed by atoms with Crippen LogP contribution in [-0.2, 0) is 9.59 Å². The molecule has 7 nitrogen and oxygen atoms in total. The van der Waals surface area contributed by atoms with E-state index in [1.54, 1.807) is 16.7 Å². The van der Waals surface area contributed by atoms with E-state index in [-0.39, 0.29) is 18.5 Å². The molecule has 11 heteroatoms. The maximum absolute atomic E-state index is 12.5. The van der Waals surface area contributed by atoms with Crippen LogP contribution in [0.4, 0.5) is 13.2 Å². The summed E-state index contributed by atoms with van der Waals surface area (Å²) >= 11 is 1.65. The highest BCUT2D eigenvalue weighted by molar-refractivity contribution is 7.99. The van der Waals surface area contributed by atoms with E-state index in [2.05, 4.69) is 6.07 Å². The van der Waals surface area contributed by atoms with Crippen LogP contribution in [0.5, 0.6) is 0 Å². The van der Waals surface area contributed by atoms with Gasteiger partial charge in [-0.25, -0.2) is 9.80 Å². The average molecular weight is 434 g/mol. The number of carbonyl (C=O) groups excluding carboxylic acids is 1. The number of nitrogens with zero attached hydrogens (tertiary/aromatic N) is 3. The van der Waals surface area contributed by atoms with Gasteiger partial charge in [0.05, 0.1) is 18.5 Å². The molecule has 0 aromatic carbocycles. The first kappa shape index (κ1) is 22.2. The van der Waals surface area contributed by atoms with Gasteiger partial charge < -0.3 is 10.0 Å². The summed E-state index contributed by atoms with van der Waals surface area (Å²) < 4.78 is 31.7. The first-order chi connectivity index (χ1) is 13.6. The summed E-state index contributed by atoms with van der Waals surface area (Å²) in [5.74, 6) is 8.19. The molecule has 5 aliphatic rings. The molecule has 5 rings (SSSR count). The van der Waals surface area contributed by atoms with Crippen LogP contribution in [0, 0.1) is 35.0 Å². The number of halogens is 3. The molecule has 162 valence electrons. The molecule has 4 aliphatic carbocycles. The Morgan fingerprint density at radius 1 is 1.17 bits per heavy atom. The van der Waals surface area contributed by atoms with Crippen molar-refractivity contribution in [1.82, 2.24) is 9.91 Å². The lowest BCUT2D eigenvalue weighted by atomic mass is 9.54. The van der Waals surface area contributed by atoms with E-state index in [0.29, 0.717) is 23.8 Å². The van der Waals surface area contributed by atoms with E-state index in [0.717, 1.165) is 17.6 Å². The number of nitrogens with two attached hydrogens (primary N) is 1. The molecule has 0 aromatic heterocycles. The first-order valence-electron chi connectivity index (χ1n) is 9.68. The highest BCUT2D eigenvalue weighted by atomic mass is 32.2. The van der Waals surface area contributed by atoms with E-state index in [4.69, 9.17) is 21.0 Å². The summed E-state index contributed by atoms with van der Waals surface area (Å²) in [5.41, 5.74) is 0. The molecule has 1 amide bonds. The van der Waals surface area contributed by atoms with Gasteiger partial charge in [0.2, 0.25) is 5.91 Å². The van der Waals surface area contributed by atoms with E-state index in [9.17, 15) is 18.0 Å². The lowest BCUT2D eigenvalue weighted by Crippen LogP contribution is -2.60. The van der Waals surface area contributed by atoms with E-state index >= 15 is 0 Å². The van der Waals surface area contributed by atoms with Crippen LogP contribution in [0.25, 0.3) is 0 Å². The van der Waals surface area contributed by atoms with Gasteiger partial charge in [-0.2, -0.15) is 18.4 Å². The van der Waals surface area contributed by atoms with Gasteiger partial charge in [0.25, 0.3) is 0 Å². The zero-order chi connectivity index (χ0) is 21.3. The second-order valence-corrected chi connectivity index (χ2v) is 9.40. The summed E-state index contributed by atoms with van der Waals surface area (Å²) in [5, 5.41) is 18.1. The SMILES string of the molecule is N#CC1CSCN1C(=O)CN(N)C1C2CC3CC(C2)CC1C3.O=C(O)C(F)(F)F. The Kier molecular flexibility index (Phi) is 6.65. The van der Waals surface area contributed by atoms with Crippen LogP contribution < -0.4 is 5.84 Å². The lowest BCUT2D eigenvalue weighted by molar-refractivity contribution is -0.192. The molecule has 1 saturated heterocycles. The number of hydrogen-bond acceptors (Lipinski definition) is 6. The third kappa shape index (κ3) is 4.98. The minimum atomic E-state index is -5.08. The zero-order valence-electron chi connectivity index (χ0n) is 15.8. The molecule has 0 aromatic rings. The number of hydrogen-bond donors (Lipinski definition) is 2. The Balaban J connectivity index is 0.000000298. The maximum atomic E-state index is 12.5. The fourth-order valence-corrected chi connectivity index (χ4v) is 6.69. The van der Waals surface area contributed by atoms with Crippen molar-refractivity contribution in [2.24, 2.45) is 29.5 Å². The van der Waals surface area contributed by atoms with Gasteiger partial charge in [0, 0.05) is 11.8 Å². The van der Waals surface area contributed by atoms with Gasteiger partial charge in [-0.1, -0.05) is 0 Å². The van der Waals surface area contributed by atoms with Gasteiger partial charge in [0.1, 0.15) is 6.04 Å². The third-order valence-corrected chi connectivity index (χ3v) is 7.48. The number of carboxylic acid groups (broad SMARTS) is 1. The molecule has 1 heterocycles. The fourth-order valence-electron chi connectivity index (χ4n) is 5.59. The summed E-state index contributed by atoms with van der Waals surface area (Å²) in [6, 6.07) is 2.33. The van der Waals surface area contributed by atoms with Gasteiger partial charge in [-0.05, 0) is 55.8 Å². The molecule has 1 atom stereocenters. The van der Waals surface area contributed by atoms with Crippen molar-refractivity contribution in [3.8, 4) is 6.07 Å². The Hall–Kier alpha value is -1.51. The number of hydrazine groups is 1. The number of aliphatic carboxylic acids is 1. The van der Waals surface area contributed by atoms with Gasteiger partial charge in [-0.15, -0.1) is 11.8 Å². The van der Waals surface area contributed by atoms with Crippen LogP contribution in [0.2, 0.25) is 0 Å². The minimum Gasteiger partial charge on any atom is -0.475 e. The largest absolute Gasteiger partial charge is 0.490 e. The van der Waals surface area contributed by atoms with Crippen molar-refractivity contribution in [3.63, 3.8) is 0 Å². The lowest BCUT2D eigenvalue weighted by Gasteiger charge is -2.56. The van der Waals surface area contributed by atoms with E-state index in [1.807, 2.05) is 5.01 Å². The number of carboxylic acids is 1. The predicted molar refractivity (Wildman–Crippen MR) is 99.0 cm³/mol. The summed E-state index contributed by atoms with van der Waals surface area (Å²) in [4.78, 5) is 23.1. The molecule has 4 saturated carbocycles. The topological polar surface area (TPSA) is 111 Å². The van der Waals surface area contributed by atoms with E-state index < -0.39 is 12.1 Å². The number of rotatable bonds is 3. The summed E-state index contributed by atoms with van der Waals surface area (Å²) in [6.07, 6.45) is 1.57. The quantitative estimate of drug-likeness (QED) is 0.517. The first-order valence-corrected chi connectivity index (χ1v) is 10.8. The molecule has 29 heavy (non-hydrogen) atoms. The van der Waals surface area contributed by atoms with Gasteiger partial charge in [-0.3, -0.25) is 10.6 Å². The molecule has 0 spiro atoms. The van der Waals surface area contributed by atoms with Gasteiger partial charge in [0.15, 0.2) is 0 Å². The zero-order valence-corrected chi connectivity index (χ0v) is 16.7. The van der Waals surface area contributed by atoms with Crippen LogP contribution in [0.3, 0.4) is 0 Å². The average Bonchev–Trinajstić information content (AvgIpc) is 3.09. The smallest absolute Gasteiger partial charge is 0.475 e. The maximum Gasteiger partial charge on any atom is 0.490 e. The van der Waals surface area contributed by atoms with Crippen molar-refractivity contribution in [2.45, 2.75) is 50.4 Å². The number of nitriles is 1. The Bertz CT molecular complexity index is 656. The Labute approximate surface area is 171 Å². The second-order valence-electron chi connectivity index (χ2n) is 8.40. The number of carbonyl (C=O) groups is 2. The van der Waals surface area contributed by atoms with E-state index in [1.165, 1.54) is 32.1 Å². The molecule has 4 bridgehead atoms. The monoisotopic (exact) mass is 434 g/mol. The Morgan fingerprint density at radius 2 is 1.69 bits per heavy atom. The fraction of sp³-hybridized carbons (Fsp3) is 0.833. The number of amides is 1. The molecule has 1 unspecified atom stereocenters. The third-order valence-electron chi connectivity index (χ3n) is 6.47. The number of alkyl halides is 3. The Morgan fingerprint density at radius 3 is 2.14 bits per heavy atom. The molecule has 0 radical (unpaired) electrons. The molecular formula is C18H25F3N4O3S. The van der Waals surface area contributed by atoms with Crippen LogP contribution in [-0.4, -0.2) is 63.3 Å². The standard InChI is InChI=1S/C16H24N4OS.C2HF3O2/c17-6-14-8-22-9-19(14)15(21)7-20(18)16-12-2-10-1-11(4-12)5-13(16)3-10;3-2(4,5)1(6)7/h10-14,16H,1-5,7-9,18H2;(H,6,7). The van der Waals surface area contributed by atoms with Crippen LogP contribution in [0.1, 0.15) is 32.1 Å². The highest BCUT2D eigenvalue weighted by Crippen LogP contribution is 2.54. The normalized spacial score (nSPS) is 35.2. The molecule has 3 N–H and O–H groups in total. The van der Waals surface area contributed by atoms with Crippen molar-refractivity contribution in [3.05, 3.63) is 0 Å². The highest BCUT2D eigenvalue weighted by Gasteiger charge is 2.50. The second kappa shape index (κ2) is 8.70. The van der Waals surface area contributed by atoms with Gasteiger partial charge >= 0.3 is 12.1 Å².